The van der Waals surface area contributed by atoms with Crippen LogP contribution in [0.4, 0.5) is 0 Å². The lowest BCUT2D eigenvalue weighted by Crippen LogP contribution is -2.47. The van der Waals surface area contributed by atoms with Gasteiger partial charge in [-0.2, -0.15) is 0 Å². The number of amides is 1. The van der Waals surface area contributed by atoms with Gasteiger partial charge in [0.2, 0.25) is 0 Å². The van der Waals surface area contributed by atoms with Crippen molar-refractivity contribution < 1.29 is 28.3 Å². The molecule has 0 aliphatic carbocycles. The van der Waals surface area contributed by atoms with Crippen molar-refractivity contribution in [1.82, 2.24) is 9.88 Å². The molecule has 1 amide bonds. The number of aryl methyl sites for hydroxylation is 1. The SMILES string of the molecule is CC[C@@H](C)[C@@H](NC(=O)COC(=O)c1cc(C)n(Cc2ccco2)c1C)C(=O)OC. The minimum Gasteiger partial charge on any atom is -0.467 e. The summed E-state index contributed by atoms with van der Waals surface area (Å²) < 4.78 is 17.2. The van der Waals surface area contributed by atoms with Gasteiger partial charge in [0.15, 0.2) is 6.61 Å². The fraction of sp³-hybridized carbons (Fsp3) is 0.476. The van der Waals surface area contributed by atoms with Gasteiger partial charge in [0, 0.05) is 11.4 Å². The number of hydrogen-bond donors (Lipinski definition) is 1. The molecule has 0 radical (unpaired) electrons. The van der Waals surface area contributed by atoms with E-state index in [4.69, 9.17) is 13.9 Å². The van der Waals surface area contributed by atoms with E-state index in [1.165, 1.54) is 7.11 Å². The molecule has 2 heterocycles. The van der Waals surface area contributed by atoms with Gasteiger partial charge in [0.1, 0.15) is 11.8 Å². The van der Waals surface area contributed by atoms with Gasteiger partial charge in [-0.3, -0.25) is 4.79 Å². The summed E-state index contributed by atoms with van der Waals surface area (Å²) in [5, 5.41) is 2.58. The maximum atomic E-state index is 12.5. The number of hydrogen-bond acceptors (Lipinski definition) is 6. The monoisotopic (exact) mass is 404 g/mol. The molecule has 29 heavy (non-hydrogen) atoms. The molecule has 8 heteroatoms. The first kappa shape index (κ1) is 22.3. The molecule has 0 fully saturated rings. The zero-order valence-electron chi connectivity index (χ0n) is 17.5. The normalized spacial score (nSPS) is 12.9. The smallest absolute Gasteiger partial charge is 0.340 e. The fourth-order valence-electron chi connectivity index (χ4n) is 3.03. The fourth-order valence-corrected chi connectivity index (χ4v) is 3.03. The van der Waals surface area contributed by atoms with Crippen LogP contribution in [0.1, 0.15) is 47.8 Å². The molecular formula is C21H28N2O6. The Morgan fingerprint density at radius 1 is 1.28 bits per heavy atom. The Morgan fingerprint density at radius 2 is 2.00 bits per heavy atom. The van der Waals surface area contributed by atoms with Crippen molar-refractivity contribution in [3.63, 3.8) is 0 Å². The molecule has 0 saturated carbocycles. The standard InChI is InChI=1S/C21H28N2O6/c1-6-13(2)19(21(26)27-5)22-18(24)12-29-20(25)17-10-14(3)23(15(17)4)11-16-8-7-9-28-16/h7-10,13,19H,6,11-12H2,1-5H3,(H,22,24)/t13-,19-/m1/s1. The predicted molar refractivity (Wildman–Crippen MR) is 105 cm³/mol. The third kappa shape index (κ3) is 5.49. The lowest BCUT2D eigenvalue weighted by Gasteiger charge is -2.21. The van der Waals surface area contributed by atoms with E-state index in [9.17, 15) is 14.4 Å². The van der Waals surface area contributed by atoms with Gasteiger partial charge >= 0.3 is 11.9 Å². The van der Waals surface area contributed by atoms with Crippen molar-refractivity contribution in [2.24, 2.45) is 5.92 Å². The predicted octanol–water partition coefficient (Wildman–Crippen LogP) is 2.61. The first-order chi connectivity index (χ1) is 13.8. The number of aromatic nitrogens is 1. The van der Waals surface area contributed by atoms with E-state index in [2.05, 4.69) is 5.32 Å². The molecule has 2 aromatic heterocycles. The summed E-state index contributed by atoms with van der Waals surface area (Å²) in [6.45, 7) is 7.45. The van der Waals surface area contributed by atoms with Gasteiger partial charge < -0.3 is 23.8 Å². The highest BCUT2D eigenvalue weighted by Gasteiger charge is 2.27. The maximum absolute atomic E-state index is 12.5. The van der Waals surface area contributed by atoms with Gasteiger partial charge in [0.05, 0.1) is 25.5 Å². The average molecular weight is 404 g/mol. The van der Waals surface area contributed by atoms with Crippen LogP contribution in [0, 0.1) is 19.8 Å². The molecule has 2 aromatic rings. The van der Waals surface area contributed by atoms with Gasteiger partial charge in [0.25, 0.3) is 5.91 Å². The number of methoxy groups -OCH3 is 1. The van der Waals surface area contributed by atoms with E-state index >= 15 is 0 Å². The van der Waals surface area contributed by atoms with Gasteiger partial charge in [-0.25, -0.2) is 9.59 Å². The molecule has 0 saturated heterocycles. The average Bonchev–Trinajstić information content (AvgIpc) is 3.32. The van der Waals surface area contributed by atoms with Crippen molar-refractivity contribution in [2.75, 3.05) is 13.7 Å². The van der Waals surface area contributed by atoms with Crippen LogP contribution in [0.5, 0.6) is 0 Å². The molecule has 1 N–H and O–H groups in total. The first-order valence-electron chi connectivity index (χ1n) is 9.51. The Kier molecular flexibility index (Phi) is 7.64. The van der Waals surface area contributed by atoms with E-state index in [0.717, 1.165) is 17.1 Å². The minimum absolute atomic E-state index is 0.109. The number of rotatable bonds is 9. The van der Waals surface area contributed by atoms with Crippen LogP contribution in [-0.2, 0) is 25.6 Å². The lowest BCUT2D eigenvalue weighted by atomic mass is 9.99. The number of carbonyl (C=O) groups excluding carboxylic acids is 3. The van der Waals surface area contributed by atoms with Crippen molar-refractivity contribution in [1.29, 1.82) is 0 Å². The summed E-state index contributed by atoms with van der Waals surface area (Å²) in [6, 6.07) is 4.60. The Balaban J connectivity index is 2.00. The summed E-state index contributed by atoms with van der Waals surface area (Å²) in [7, 11) is 1.27. The molecular weight excluding hydrogens is 376 g/mol. The third-order valence-electron chi connectivity index (χ3n) is 5.01. The zero-order chi connectivity index (χ0) is 21.6. The van der Waals surface area contributed by atoms with Crippen molar-refractivity contribution in [3.05, 3.63) is 47.2 Å². The number of nitrogens with zero attached hydrogens (tertiary/aromatic N) is 1. The highest BCUT2D eigenvalue weighted by molar-refractivity contribution is 5.93. The molecule has 0 aliphatic rings. The van der Waals surface area contributed by atoms with E-state index in [-0.39, 0.29) is 5.92 Å². The van der Waals surface area contributed by atoms with Gasteiger partial charge in [-0.1, -0.05) is 20.3 Å². The van der Waals surface area contributed by atoms with Crippen LogP contribution in [0.3, 0.4) is 0 Å². The topological polar surface area (TPSA) is 99.8 Å². The third-order valence-corrected chi connectivity index (χ3v) is 5.01. The van der Waals surface area contributed by atoms with E-state index in [0.29, 0.717) is 18.5 Å². The highest BCUT2D eigenvalue weighted by Crippen LogP contribution is 2.18. The Hall–Kier alpha value is -3.03. The second kappa shape index (κ2) is 9.95. The number of nitrogens with one attached hydrogen (secondary N) is 1. The van der Waals surface area contributed by atoms with E-state index in [1.54, 1.807) is 18.4 Å². The molecule has 0 spiro atoms. The maximum Gasteiger partial charge on any atom is 0.340 e. The highest BCUT2D eigenvalue weighted by atomic mass is 16.5. The minimum atomic E-state index is -0.783. The van der Waals surface area contributed by atoms with Crippen LogP contribution in [-0.4, -0.2) is 42.2 Å². The molecule has 0 aliphatic heterocycles. The molecule has 2 atom stereocenters. The van der Waals surface area contributed by atoms with Crippen molar-refractivity contribution in [2.45, 2.75) is 46.7 Å². The second-order valence-electron chi connectivity index (χ2n) is 6.98. The van der Waals surface area contributed by atoms with E-state index < -0.39 is 30.5 Å². The summed E-state index contributed by atoms with van der Waals surface area (Å²) in [4.78, 5) is 36.5. The largest absolute Gasteiger partial charge is 0.467 e. The first-order valence-corrected chi connectivity index (χ1v) is 9.51. The number of furan rings is 1. The second-order valence-corrected chi connectivity index (χ2v) is 6.98. The quantitative estimate of drug-likeness (QED) is 0.645. The Bertz CT molecular complexity index is 853. The molecule has 0 aromatic carbocycles. The van der Waals surface area contributed by atoms with Crippen LogP contribution in [0.2, 0.25) is 0 Å². The van der Waals surface area contributed by atoms with Crippen LogP contribution >= 0.6 is 0 Å². The summed E-state index contributed by atoms with van der Waals surface area (Å²) >= 11 is 0. The number of ether oxygens (including phenoxy) is 2. The molecule has 0 bridgehead atoms. The Morgan fingerprint density at radius 3 is 2.59 bits per heavy atom. The molecule has 158 valence electrons. The van der Waals surface area contributed by atoms with Crippen LogP contribution < -0.4 is 5.32 Å². The van der Waals surface area contributed by atoms with Crippen molar-refractivity contribution in [3.8, 4) is 0 Å². The van der Waals surface area contributed by atoms with E-state index in [1.807, 2.05) is 38.3 Å². The Labute approximate surface area is 170 Å². The van der Waals surface area contributed by atoms with Crippen LogP contribution in [0.25, 0.3) is 0 Å². The lowest BCUT2D eigenvalue weighted by molar-refractivity contribution is -0.147. The molecule has 2 rings (SSSR count). The summed E-state index contributed by atoms with van der Waals surface area (Å²) in [5.74, 6) is -1.02. The van der Waals surface area contributed by atoms with Crippen LogP contribution in [0.15, 0.2) is 28.9 Å². The molecule has 0 unspecified atom stereocenters. The summed E-state index contributed by atoms with van der Waals surface area (Å²) in [5.41, 5.74) is 1.97. The number of carbonyl (C=O) groups is 3. The van der Waals surface area contributed by atoms with Gasteiger partial charge in [-0.15, -0.1) is 0 Å². The zero-order valence-corrected chi connectivity index (χ0v) is 17.5. The molecule has 8 nitrogen and oxygen atoms in total. The summed E-state index contributed by atoms with van der Waals surface area (Å²) in [6.07, 6.45) is 2.28. The van der Waals surface area contributed by atoms with Crippen molar-refractivity contribution >= 4 is 17.8 Å². The van der Waals surface area contributed by atoms with Gasteiger partial charge in [-0.05, 0) is 38.0 Å². The number of esters is 2.